The smallest absolute Gasteiger partial charge is 0.257 e. The molecule has 27 heavy (non-hydrogen) atoms. The summed E-state index contributed by atoms with van der Waals surface area (Å²) in [6.07, 6.45) is 0. The normalized spacial score (nSPS) is 10.9. The zero-order valence-electron chi connectivity index (χ0n) is 14.8. The van der Waals surface area contributed by atoms with Gasteiger partial charge in [0.25, 0.3) is 5.91 Å². The van der Waals surface area contributed by atoms with Gasteiger partial charge in [-0.3, -0.25) is 10.1 Å². The predicted molar refractivity (Wildman–Crippen MR) is 110 cm³/mol. The van der Waals surface area contributed by atoms with Crippen molar-refractivity contribution < 1.29 is 9.53 Å². The maximum absolute atomic E-state index is 12.5. The number of thiazole rings is 1. The molecule has 134 valence electrons. The zero-order valence-corrected chi connectivity index (χ0v) is 15.6. The Labute approximate surface area is 161 Å². The molecule has 3 aromatic carbocycles. The Kier molecular flexibility index (Phi) is 4.96. The average molecular weight is 374 g/mol. The van der Waals surface area contributed by atoms with Gasteiger partial charge in [0.1, 0.15) is 0 Å². The molecule has 0 spiro atoms. The summed E-state index contributed by atoms with van der Waals surface area (Å²) in [6, 6.07) is 21.9. The number of nitrogens with zero attached hydrogens (tertiary/aromatic N) is 1. The van der Waals surface area contributed by atoms with Crippen molar-refractivity contribution in [1.29, 1.82) is 0 Å². The van der Waals surface area contributed by atoms with E-state index in [1.54, 1.807) is 13.2 Å². The number of hydrogen-bond acceptors (Lipinski definition) is 4. The Morgan fingerprint density at radius 1 is 1.04 bits per heavy atom. The van der Waals surface area contributed by atoms with Gasteiger partial charge >= 0.3 is 0 Å². The monoisotopic (exact) mass is 374 g/mol. The number of fused-ring (bicyclic) bond motifs is 1. The largest absolute Gasteiger partial charge is 0.380 e. The molecule has 0 fully saturated rings. The number of nitrogens with one attached hydrogen (secondary N) is 1. The maximum atomic E-state index is 12.5. The number of rotatable bonds is 5. The van der Waals surface area contributed by atoms with Crippen molar-refractivity contribution in [2.24, 2.45) is 0 Å². The van der Waals surface area contributed by atoms with Crippen molar-refractivity contribution in [1.82, 2.24) is 4.98 Å². The quantitative estimate of drug-likeness (QED) is 0.511. The zero-order chi connectivity index (χ0) is 18.6. The summed E-state index contributed by atoms with van der Waals surface area (Å²) in [5.74, 6) is -0.174. The van der Waals surface area contributed by atoms with E-state index in [9.17, 15) is 4.79 Å². The van der Waals surface area contributed by atoms with Gasteiger partial charge in [0.05, 0.1) is 12.3 Å². The summed E-state index contributed by atoms with van der Waals surface area (Å²) in [5, 5.41) is 7.79. The number of hydrogen-bond donors (Lipinski definition) is 1. The van der Waals surface area contributed by atoms with Crippen molar-refractivity contribution in [3.05, 3.63) is 83.2 Å². The summed E-state index contributed by atoms with van der Waals surface area (Å²) >= 11 is 1.42. The Hall–Kier alpha value is -3.02. The molecule has 0 bridgehead atoms. The fraction of sp³-hybridized carbons (Fsp3) is 0.0909. The number of benzene rings is 3. The maximum Gasteiger partial charge on any atom is 0.257 e. The van der Waals surface area contributed by atoms with Crippen LogP contribution in [0, 0.1) is 0 Å². The lowest BCUT2D eigenvalue weighted by molar-refractivity contribution is 0.102. The third-order valence-corrected chi connectivity index (χ3v) is 5.03. The van der Waals surface area contributed by atoms with Gasteiger partial charge in [0.15, 0.2) is 5.13 Å². The summed E-state index contributed by atoms with van der Waals surface area (Å²) in [7, 11) is 1.64. The average Bonchev–Trinajstić information content (AvgIpc) is 3.16. The van der Waals surface area contributed by atoms with Gasteiger partial charge in [0.2, 0.25) is 0 Å². The van der Waals surface area contributed by atoms with Crippen LogP contribution in [0.4, 0.5) is 5.13 Å². The summed E-state index contributed by atoms with van der Waals surface area (Å²) < 4.78 is 5.12. The second kappa shape index (κ2) is 7.70. The molecule has 0 radical (unpaired) electrons. The van der Waals surface area contributed by atoms with Crippen molar-refractivity contribution in [2.75, 3.05) is 12.4 Å². The topological polar surface area (TPSA) is 51.2 Å². The minimum Gasteiger partial charge on any atom is -0.380 e. The highest BCUT2D eigenvalue weighted by molar-refractivity contribution is 7.14. The summed E-state index contributed by atoms with van der Waals surface area (Å²) in [5.41, 5.74) is 3.44. The molecule has 1 heterocycles. The third-order valence-electron chi connectivity index (χ3n) is 4.27. The first kappa shape index (κ1) is 17.4. The standard InChI is InChI=1S/C22H18N2O2S/c1-26-13-15-5-4-8-19(11-15)21(25)24-22-23-20(14-27-22)18-10-9-16-6-2-3-7-17(16)12-18/h2-12,14H,13H2,1H3,(H,23,24,25). The number of ether oxygens (including phenoxy) is 1. The van der Waals surface area contributed by atoms with Crippen LogP contribution in [0.5, 0.6) is 0 Å². The minimum atomic E-state index is -0.174. The van der Waals surface area contributed by atoms with E-state index in [2.05, 4.69) is 40.6 Å². The molecule has 0 atom stereocenters. The predicted octanol–water partition coefficient (Wildman–Crippen LogP) is 5.36. The molecule has 4 rings (SSSR count). The van der Waals surface area contributed by atoms with E-state index in [-0.39, 0.29) is 5.91 Å². The van der Waals surface area contributed by atoms with E-state index in [1.807, 2.05) is 35.7 Å². The number of aromatic nitrogens is 1. The van der Waals surface area contributed by atoms with Gasteiger partial charge in [-0.25, -0.2) is 4.98 Å². The Balaban J connectivity index is 1.53. The fourth-order valence-electron chi connectivity index (χ4n) is 2.95. The molecule has 1 aromatic heterocycles. The van der Waals surface area contributed by atoms with Crippen molar-refractivity contribution in [3.8, 4) is 11.3 Å². The van der Waals surface area contributed by atoms with E-state index in [0.717, 1.165) is 16.8 Å². The number of carbonyl (C=O) groups is 1. The number of carbonyl (C=O) groups excluding carboxylic acids is 1. The molecule has 0 aliphatic heterocycles. The van der Waals surface area contributed by atoms with Gasteiger partial charge in [0, 0.05) is 23.6 Å². The Bertz CT molecular complexity index is 1100. The highest BCUT2D eigenvalue weighted by atomic mass is 32.1. The lowest BCUT2D eigenvalue weighted by Gasteiger charge is -2.04. The second-order valence-corrected chi connectivity index (χ2v) is 7.05. The number of amides is 1. The molecule has 4 nitrogen and oxygen atoms in total. The first-order chi connectivity index (χ1) is 13.2. The molecule has 0 aliphatic carbocycles. The fourth-order valence-corrected chi connectivity index (χ4v) is 3.67. The highest BCUT2D eigenvalue weighted by Crippen LogP contribution is 2.28. The molecular formula is C22H18N2O2S. The van der Waals surface area contributed by atoms with Gasteiger partial charge < -0.3 is 4.74 Å². The highest BCUT2D eigenvalue weighted by Gasteiger charge is 2.11. The molecule has 0 unspecified atom stereocenters. The van der Waals surface area contributed by atoms with Crippen LogP contribution in [0.1, 0.15) is 15.9 Å². The van der Waals surface area contributed by atoms with Crippen LogP contribution in [0.3, 0.4) is 0 Å². The van der Waals surface area contributed by atoms with Gasteiger partial charge in [-0.05, 0) is 34.5 Å². The Morgan fingerprint density at radius 2 is 1.89 bits per heavy atom. The molecule has 5 heteroatoms. The van der Waals surface area contributed by atoms with Crippen molar-refractivity contribution >= 4 is 33.1 Å². The van der Waals surface area contributed by atoms with E-state index in [0.29, 0.717) is 17.3 Å². The van der Waals surface area contributed by atoms with Gasteiger partial charge in [-0.15, -0.1) is 11.3 Å². The van der Waals surface area contributed by atoms with Crippen molar-refractivity contribution in [3.63, 3.8) is 0 Å². The second-order valence-electron chi connectivity index (χ2n) is 6.19. The minimum absolute atomic E-state index is 0.174. The van der Waals surface area contributed by atoms with Crippen LogP contribution in [0.25, 0.3) is 22.0 Å². The number of anilines is 1. The van der Waals surface area contributed by atoms with E-state index in [4.69, 9.17) is 4.74 Å². The number of methoxy groups -OCH3 is 1. The van der Waals surface area contributed by atoms with Crippen LogP contribution >= 0.6 is 11.3 Å². The summed E-state index contributed by atoms with van der Waals surface area (Å²) in [6.45, 7) is 0.477. The van der Waals surface area contributed by atoms with Crippen LogP contribution in [0.15, 0.2) is 72.1 Å². The van der Waals surface area contributed by atoms with Crippen LogP contribution in [-0.4, -0.2) is 18.0 Å². The third kappa shape index (κ3) is 3.89. The lowest BCUT2D eigenvalue weighted by atomic mass is 10.1. The van der Waals surface area contributed by atoms with E-state index >= 15 is 0 Å². The molecule has 0 saturated heterocycles. The lowest BCUT2D eigenvalue weighted by Crippen LogP contribution is -2.12. The molecule has 4 aromatic rings. The first-order valence-corrected chi connectivity index (χ1v) is 9.45. The van der Waals surface area contributed by atoms with Gasteiger partial charge in [-0.1, -0.05) is 48.5 Å². The molecule has 1 amide bonds. The molecule has 0 saturated carbocycles. The van der Waals surface area contributed by atoms with E-state index < -0.39 is 0 Å². The van der Waals surface area contributed by atoms with Gasteiger partial charge in [-0.2, -0.15) is 0 Å². The van der Waals surface area contributed by atoms with Crippen molar-refractivity contribution in [2.45, 2.75) is 6.61 Å². The SMILES string of the molecule is COCc1cccc(C(=O)Nc2nc(-c3ccc4ccccc4c3)cs2)c1. The Morgan fingerprint density at radius 3 is 2.74 bits per heavy atom. The van der Waals surface area contributed by atoms with E-state index in [1.165, 1.54) is 22.1 Å². The summed E-state index contributed by atoms with van der Waals surface area (Å²) in [4.78, 5) is 17.1. The van der Waals surface area contributed by atoms with Crippen LogP contribution in [-0.2, 0) is 11.3 Å². The molecule has 1 N–H and O–H groups in total. The van der Waals surface area contributed by atoms with Crippen LogP contribution < -0.4 is 5.32 Å². The van der Waals surface area contributed by atoms with Crippen LogP contribution in [0.2, 0.25) is 0 Å². The first-order valence-electron chi connectivity index (χ1n) is 8.57. The molecular weight excluding hydrogens is 356 g/mol. The molecule has 0 aliphatic rings.